The lowest BCUT2D eigenvalue weighted by molar-refractivity contribution is -0.129. The van der Waals surface area contributed by atoms with Crippen LogP contribution in [0.3, 0.4) is 0 Å². The summed E-state index contributed by atoms with van der Waals surface area (Å²) >= 11 is 0. The number of nitrogens with zero attached hydrogens (tertiary/aromatic N) is 2. The van der Waals surface area contributed by atoms with Gasteiger partial charge < -0.3 is 19.9 Å². The molecular weight excluding hydrogens is 354 g/mol. The Morgan fingerprint density at radius 3 is 2.86 bits per heavy atom. The van der Waals surface area contributed by atoms with Crippen LogP contribution in [0.25, 0.3) is 11.1 Å². The van der Waals surface area contributed by atoms with Gasteiger partial charge in [-0.1, -0.05) is 18.2 Å². The Morgan fingerprint density at radius 2 is 2.07 bits per heavy atom. The molecule has 2 aromatic carbocycles. The molecule has 1 saturated heterocycles. The maximum Gasteiger partial charge on any atom is 0.283 e. The Morgan fingerprint density at radius 1 is 1.21 bits per heavy atom. The van der Waals surface area contributed by atoms with Gasteiger partial charge in [0.05, 0.1) is 30.8 Å². The Balaban J connectivity index is 1.69. The van der Waals surface area contributed by atoms with Crippen LogP contribution < -0.4 is 10.5 Å². The minimum absolute atomic E-state index is 0.00277. The van der Waals surface area contributed by atoms with Gasteiger partial charge in [-0.2, -0.15) is 5.26 Å². The van der Waals surface area contributed by atoms with Crippen molar-refractivity contribution in [1.29, 1.82) is 5.26 Å². The van der Waals surface area contributed by atoms with Crippen LogP contribution in [-0.4, -0.2) is 31.4 Å². The van der Waals surface area contributed by atoms with Crippen LogP contribution in [0, 0.1) is 17.2 Å². The van der Waals surface area contributed by atoms with Crippen LogP contribution in [0.4, 0.5) is 0 Å². The molecule has 6 heteroatoms. The fourth-order valence-electron chi connectivity index (χ4n) is 4.70. The first kappa shape index (κ1) is 17.1. The lowest BCUT2D eigenvalue weighted by Crippen LogP contribution is -2.59. The number of nitriles is 1. The largest absolute Gasteiger partial charge is 0.487 e. The number of hydrogen-bond acceptors (Lipinski definition) is 6. The van der Waals surface area contributed by atoms with E-state index in [0.717, 1.165) is 28.9 Å². The first-order valence-electron chi connectivity index (χ1n) is 9.44. The Hall–Kier alpha value is -3.04. The average Bonchev–Trinajstić information content (AvgIpc) is 3.10. The second-order valence-corrected chi connectivity index (χ2v) is 7.86. The number of ether oxygens (including phenoxy) is 3. The molecule has 6 nitrogen and oxygen atoms in total. The molecule has 0 aromatic heterocycles. The zero-order chi connectivity index (χ0) is 19.4. The number of nitrogens with two attached hydrogens (primary N) is 1. The summed E-state index contributed by atoms with van der Waals surface area (Å²) in [6, 6.07) is 16.1. The van der Waals surface area contributed by atoms with E-state index in [1.165, 1.54) is 0 Å². The molecule has 0 bridgehead atoms. The normalized spacial score (nSPS) is 30.4. The van der Waals surface area contributed by atoms with Crippen LogP contribution >= 0.6 is 0 Å². The van der Waals surface area contributed by atoms with E-state index >= 15 is 0 Å². The molecule has 3 heterocycles. The Bertz CT molecular complexity index is 1030. The van der Waals surface area contributed by atoms with Crippen molar-refractivity contribution in [2.24, 2.45) is 16.6 Å². The highest BCUT2D eigenvalue weighted by atomic mass is 16.5. The van der Waals surface area contributed by atoms with Crippen molar-refractivity contribution in [3.63, 3.8) is 0 Å². The number of hydrogen-bond donors (Lipinski definition) is 1. The average molecular weight is 375 g/mol. The molecule has 3 atom stereocenters. The maximum atomic E-state index is 9.22. The van der Waals surface area contributed by atoms with E-state index < -0.39 is 5.54 Å². The topological polar surface area (TPSA) is 89.9 Å². The van der Waals surface area contributed by atoms with Crippen LogP contribution in [0.5, 0.6) is 5.75 Å². The monoisotopic (exact) mass is 375 g/mol. The smallest absolute Gasteiger partial charge is 0.283 e. The number of fused-ring (bicyclic) bond motifs is 4. The molecule has 142 valence electrons. The molecule has 28 heavy (non-hydrogen) atoms. The van der Waals surface area contributed by atoms with Crippen molar-refractivity contribution in [2.75, 3.05) is 19.8 Å². The van der Waals surface area contributed by atoms with Crippen molar-refractivity contribution >= 4 is 6.02 Å². The summed E-state index contributed by atoms with van der Waals surface area (Å²) in [6.07, 6.45) is 0.792. The van der Waals surface area contributed by atoms with Gasteiger partial charge in [0.2, 0.25) is 0 Å². The molecule has 5 rings (SSSR count). The van der Waals surface area contributed by atoms with Crippen molar-refractivity contribution < 1.29 is 14.2 Å². The molecule has 3 aliphatic heterocycles. The predicted octanol–water partition coefficient (Wildman–Crippen LogP) is 2.95. The quantitative estimate of drug-likeness (QED) is 0.828. The number of benzene rings is 2. The maximum absolute atomic E-state index is 9.22. The molecule has 0 aliphatic carbocycles. The van der Waals surface area contributed by atoms with Gasteiger partial charge in [-0.05, 0) is 42.3 Å². The molecule has 2 aromatic rings. The van der Waals surface area contributed by atoms with Crippen LogP contribution in [0.15, 0.2) is 47.5 Å². The van der Waals surface area contributed by atoms with Crippen molar-refractivity contribution in [3.05, 3.63) is 53.6 Å². The van der Waals surface area contributed by atoms with Gasteiger partial charge in [-0.15, -0.1) is 0 Å². The van der Waals surface area contributed by atoms with E-state index in [-0.39, 0.29) is 17.5 Å². The highest BCUT2D eigenvalue weighted by Gasteiger charge is 2.59. The molecule has 1 spiro atoms. The van der Waals surface area contributed by atoms with E-state index in [0.29, 0.717) is 25.4 Å². The molecule has 0 radical (unpaired) electrons. The number of aliphatic imine (C=N–C) groups is 1. The predicted molar refractivity (Wildman–Crippen MR) is 104 cm³/mol. The summed E-state index contributed by atoms with van der Waals surface area (Å²) in [5.74, 6) is 0.811. The summed E-state index contributed by atoms with van der Waals surface area (Å²) in [4.78, 5) is 4.78. The van der Waals surface area contributed by atoms with Gasteiger partial charge in [0.15, 0.2) is 0 Å². The van der Waals surface area contributed by atoms with Crippen LogP contribution in [0.1, 0.15) is 24.5 Å². The highest BCUT2D eigenvalue weighted by Crippen LogP contribution is 2.54. The van der Waals surface area contributed by atoms with Gasteiger partial charge in [0, 0.05) is 12.0 Å². The van der Waals surface area contributed by atoms with Gasteiger partial charge in [0.1, 0.15) is 23.5 Å². The van der Waals surface area contributed by atoms with E-state index in [2.05, 4.69) is 19.1 Å². The molecule has 2 N–H and O–H groups in total. The molecule has 0 saturated carbocycles. The van der Waals surface area contributed by atoms with E-state index in [9.17, 15) is 5.26 Å². The first-order valence-corrected chi connectivity index (χ1v) is 9.44. The summed E-state index contributed by atoms with van der Waals surface area (Å²) in [5.41, 5.74) is 8.50. The third kappa shape index (κ3) is 2.40. The van der Waals surface area contributed by atoms with E-state index in [4.69, 9.17) is 24.9 Å². The van der Waals surface area contributed by atoms with Crippen molar-refractivity contribution in [3.8, 4) is 22.9 Å². The zero-order valence-electron chi connectivity index (χ0n) is 15.6. The molecular formula is C22H21N3O3. The summed E-state index contributed by atoms with van der Waals surface area (Å²) in [5, 5.41) is 9.22. The lowest BCUT2D eigenvalue weighted by Gasteiger charge is -2.52. The second-order valence-electron chi connectivity index (χ2n) is 7.86. The lowest BCUT2D eigenvalue weighted by atomic mass is 9.66. The molecule has 0 unspecified atom stereocenters. The van der Waals surface area contributed by atoms with Gasteiger partial charge >= 0.3 is 0 Å². The molecule has 1 fully saturated rings. The molecule has 0 amide bonds. The van der Waals surface area contributed by atoms with Gasteiger partial charge in [0.25, 0.3) is 6.02 Å². The van der Waals surface area contributed by atoms with Crippen LogP contribution in [0.2, 0.25) is 0 Å². The summed E-state index contributed by atoms with van der Waals surface area (Å²) < 4.78 is 17.9. The third-order valence-corrected chi connectivity index (χ3v) is 6.20. The molecule has 3 aliphatic rings. The van der Waals surface area contributed by atoms with E-state index in [1.54, 1.807) is 6.07 Å². The van der Waals surface area contributed by atoms with Crippen LogP contribution in [-0.2, 0) is 15.0 Å². The fraction of sp³-hybridized carbons (Fsp3) is 0.364. The minimum Gasteiger partial charge on any atom is -0.487 e. The first-order chi connectivity index (χ1) is 13.5. The zero-order valence-corrected chi connectivity index (χ0v) is 15.6. The standard InChI is InChI=1S/C22H21N3O3/c1-21-7-8-26-12-19(21)22(13-27-20(24)25-22)17-10-16(5-6-18(17)28-21)15-4-2-3-14(9-15)11-23/h2-6,9-10,19H,7-8,12-13H2,1H3,(H2,24,25)/t19-,21+,22-/m0/s1. The summed E-state index contributed by atoms with van der Waals surface area (Å²) in [7, 11) is 0. The fourth-order valence-corrected chi connectivity index (χ4v) is 4.70. The summed E-state index contributed by atoms with van der Waals surface area (Å²) in [6.45, 7) is 3.71. The van der Waals surface area contributed by atoms with Crippen molar-refractivity contribution in [1.82, 2.24) is 0 Å². The minimum atomic E-state index is -0.629. The third-order valence-electron chi connectivity index (χ3n) is 6.20. The Kier molecular flexibility index (Phi) is 3.65. The Labute approximate surface area is 163 Å². The number of rotatable bonds is 1. The van der Waals surface area contributed by atoms with Gasteiger partial charge in [-0.25, -0.2) is 4.99 Å². The van der Waals surface area contributed by atoms with Crippen molar-refractivity contribution in [2.45, 2.75) is 24.5 Å². The SMILES string of the molecule is C[C@@]12CCOC[C@@H]1[C@]1(COC(N)=N1)c1cc(-c3cccc(C#N)c3)ccc1O2. The van der Waals surface area contributed by atoms with Gasteiger partial charge in [-0.3, -0.25) is 0 Å². The number of amidine groups is 1. The highest BCUT2D eigenvalue weighted by molar-refractivity contribution is 5.76. The van der Waals surface area contributed by atoms with E-state index in [1.807, 2.05) is 30.3 Å². The second kappa shape index (κ2) is 5.98.